The second-order valence-electron chi connectivity index (χ2n) is 7.59. The Balaban J connectivity index is 1.94. The van der Waals surface area contributed by atoms with E-state index in [0.29, 0.717) is 23.8 Å². The van der Waals surface area contributed by atoms with E-state index >= 15 is 0 Å². The third kappa shape index (κ3) is 4.05. The highest BCUT2D eigenvalue weighted by molar-refractivity contribution is 6.21. The molecule has 0 aromatic carbocycles. The molecule has 0 bridgehead atoms. The van der Waals surface area contributed by atoms with E-state index in [1.54, 1.807) is 0 Å². The first kappa shape index (κ1) is 16.9. The minimum Gasteiger partial charge on any atom is -0.372 e. The van der Waals surface area contributed by atoms with Gasteiger partial charge < -0.3 is 4.74 Å². The van der Waals surface area contributed by atoms with Gasteiger partial charge in [-0.25, -0.2) is 0 Å². The Morgan fingerprint density at radius 3 is 2.30 bits per heavy atom. The second kappa shape index (κ2) is 7.20. The molecular weight excluding hydrogens is 291 g/mol. The molecule has 2 aliphatic rings. The summed E-state index contributed by atoms with van der Waals surface area (Å²) in [5.74, 6) is 1.95. The first-order valence-corrected chi connectivity index (χ1v) is 9.40. The van der Waals surface area contributed by atoms with Gasteiger partial charge in [-0.3, -0.25) is 0 Å². The van der Waals surface area contributed by atoms with Crippen LogP contribution in [0.4, 0.5) is 0 Å². The van der Waals surface area contributed by atoms with Crippen molar-refractivity contribution in [1.82, 2.24) is 0 Å². The zero-order chi connectivity index (χ0) is 14.6. The third-order valence-corrected chi connectivity index (χ3v) is 6.31. The molecule has 1 atom stereocenters. The highest BCUT2D eigenvalue weighted by atomic mass is 35.5. The monoisotopic (exact) mass is 320 g/mol. The molecular formula is C17H30Cl2O. The minimum absolute atomic E-state index is 0.0577. The fourth-order valence-corrected chi connectivity index (χ4v) is 5.01. The molecule has 0 aromatic rings. The van der Waals surface area contributed by atoms with Crippen LogP contribution in [0.25, 0.3) is 0 Å². The first-order chi connectivity index (χ1) is 9.53. The van der Waals surface area contributed by atoms with Crippen LogP contribution < -0.4 is 0 Å². The van der Waals surface area contributed by atoms with E-state index in [9.17, 15) is 0 Å². The molecule has 1 nitrogen and oxygen atoms in total. The summed E-state index contributed by atoms with van der Waals surface area (Å²) in [4.78, 5) is 0. The van der Waals surface area contributed by atoms with Crippen molar-refractivity contribution >= 4 is 23.2 Å². The summed E-state index contributed by atoms with van der Waals surface area (Å²) in [5, 5.41) is 0. The van der Waals surface area contributed by atoms with E-state index in [1.165, 1.54) is 44.9 Å². The molecule has 2 fully saturated rings. The molecule has 20 heavy (non-hydrogen) atoms. The summed E-state index contributed by atoms with van der Waals surface area (Å²) in [7, 11) is 0. The summed E-state index contributed by atoms with van der Waals surface area (Å²) in [6.45, 7) is 4.51. The van der Waals surface area contributed by atoms with E-state index in [2.05, 4.69) is 13.8 Å². The largest absolute Gasteiger partial charge is 0.372 e. The van der Waals surface area contributed by atoms with Crippen LogP contribution in [0.15, 0.2) is 0 Å². The molecule has 0 amide bonds. The smallest absolute Gasteiger partial charge is 0.0687 e. The highest BCUT2D eigenvalue weighted by Crippen LogP contribution is 2.46. The van der Waals surface area contributed by atoms with Crippen molar-refractivity contribution in [1.29, 1.82) is 0 Å². The summed E-state index contributed by atoms with van der Waals surface area (Å²) < 4.78 is 6.51. The summed E-state index contributed by atoms with van der Waals surface area (Å²) in [5.41, 5.74) is 0.271. The fourth-order valence-electron chi connectivity index (χ4n) is 4.29. The number of rotatable bonds is 6. The van der Waals surface area contributed by atoms with Gasteiger partial charge in [-0.15, -0.1) is 23.2 Å². The van der Waals surface area contributed by atoms with Crippen molar-refractivity contribution in [3.05, 3.63) is 0 Å². The molecule has 2 rings (SSSR count). The SMILES string of the molecule is CC(C)CC(CCl)(CCl)CC1CCC2(CCCCC2)O1. The van der Waals surface area contributed by atoms with Crippen molar-refractivity contribution < 1.29 is 4.74 Å². The van der Waals surface area contributed by atoms with Crippen LogP contribution in [-0.2, 0) is 4.74 Å². The molecule has 1 aliphatic heterocycles. The number of halogens is 2. The average Bonchev–Trinajstić information content (AvgIpc) is 2.80. The van der Waals surface area contributed by atoms with Crippen LogP contribution in [0.5, 0.6) is 0 Å². The maximum atomic E-state index is 6.51. The minimum atomic E-state index is 0.0577. The van der Waals surface area contributed by atoms with Gasteiger partial charge >= 0.3 is 0 Å². The molecule has 1 saturated carbocycles. The van der Waals surface area contributed by atoms with Gasteiger partial charge in [-0.2, -0.15) is 0 Å². The van der Waals surface area contributed by atoms with Gasteiger partial charge in [0.25, 0.3) is 0 Å². The summed E-state index contributed by atoms with van der Waals surface area (Å²) in [6.07, 6.45) is 11.6. The normalized spacial score (nSPS) is 26.6. The molecule has 118 valence electrons. The van der Waals surface area contributed by atoms with E-state index in [-0.39, 0.29) is 11.0 Å². The van der Waals surface area contributed by atoms with Gasteiger partial charge in [-0.1, -0.05) is 33.1 Å². The summed E-state index contributed by atoms with van der Waals surface area (Å²) >= 11 is 12.6. The summed E-state index contributed by atoms with van der Waals surface area (Å²) in [6, 6.07) is 0. The van der Waals surface area contributed by atoms with Crippen LogP contribution in [0.3, 0.4) is 0 Å². The van der Waals surface area contributed by atoms with E-state index in [1.807, 2.05) is 0 Å². The number of alkyl halides is 2. The van der Waals surface area contributed by atoms with E-state index in [4.69, 9.17) is 27.9 Å². The lowest BCUT2D eigenvalue weighted by atomic mass is 9.78. The number of hydrogen-bond donors (Lipinski definition) is 0. The molecule has 1 saturated heterocycles. The van der Waals surface area contributed by atoms with Crippen LogP contribution in [0, 0.1) is 11.3 Å². The van der Waals surface area contributed by atoms with Gasteiger partial charge in [-0.05, 0) is 44.4 Å². The Kier molecular flexibility index (Phi) is 6.09. The van der Waals surface area contributed by atoms with Gasteiger partial charge in [0.2, 0.25) is 0 Å². The number of ether oxygens (including phenoxy) is 1. The fraction of sp³-hybridized carbons (Fsp3) is 1.00. The van der Waals surface area contributed by atoms with E-state index in [0.717, 1.165) is 12.8 Å². The predicted octanol–water partition coefficient (Wildman–Crippen LogP) is 5.77. The number of hydrogen-bond acceptors (Lipinski definition) is 1. The van der Waals surface area contributed by atoms with Gasteiger partial charge in [0, 0.05) is 17.2 Å². The van der Waals surface area contributed by atoms with Crippen LogP contribution >= 0.6 is 23.2 Å². The molecule has 0 radical (unpaired) electrons. The van der Waals surface area contributed by atoms with Gasteiger partial charge in [0.05, 0.1) is 11.7 Å². The lowest BCUT2D eigenvalue weighted by molar-refractivity contribution is -0.0752. The molecule has 3 heteroatoms. The standard InChI is InChI=1S/C17H30Cl2O/c1-14(2)10-16(12-18,13-19)11-15-6-9-17(20-15)7-4-3-5-8-17/h14-15H,3-13H2,1-2H3. The van der Waals surface area contributed by atoms with Crippen LogP contribution in [0.2, 0.25) is 0 Å². The average molecular weight is 321 g/mol. The zero-order valence-electron chi connectivity index (χ0n) is 13.1. The Morgan fingerprint density at radius 2 is 1.75 bits per heavy atom. The molecule has 0 N–H and O–H groups in total. The van der Waals surface area contributed by atoms with Crippen molar-refractivity contribution in [3.8, 4) is 0 Å². The Labute approximate surface area is 134 Å². The lowest BCUT2D eigenvalue weighted by Gasteiger charge is -2.37. The van der Waals surface area contributed by atoms with Crippen molar-refractivity contribution in [3.63, 3.8) is 0 Å². The highest BCUT2D eigenvalue weighted by Gasteiger charge is 2.43. The zero-order valence-corrected chi connectivity index (χ0v) is 14.6. The van der Waals surface area contributed by atoms with Crippen LogP contribution in [-0.4, -0.2) is 23.5 Å². The molecule has 1 heterocycles. The van der Waals surface area contributed by atoms with Gasteiger partial charge in [0.15, 0.2) is 0 Å². The first-order valence-electron chi connectivity index (χ1n) is 8.33. The Bertz CT molecular complexity index is 293. The molecule has 1 spiro atoms. The van der Waals surface area contributed by atoms with Crippen LogP contribution in [0.1, 0.15) is 71.6 Å². The molecule has 0 aromatic heterocycles. The van der Waals surface area contributed by atoms with Gasteiger partial charge in [0.1, 0.15) is 0 Å². The maximum Gasteiger partial charge on any atom is 0.0687 e. The lowest BCUT2D eigenvalue weighted by Crippen LogP contribution is -2.35. The molecule has 1 unspecified atom stereocenters. The van der Waals surface area contributed by atoms with Crippen molar-refractivity contribution in [2.75, 3.05) is 11.8 Å². The quantitative estimate of drug-likeness (QED) is 0.564. The maximum absolute atomic E-state index is 6.51. The second-order valence-corrected chi connectivity index (χ2v) is 8.13. The Morgan fingerprint density at radius 1 is 1.10 bits per heavy atom. The topological polar surface area (TPSA) is 9.23 Å². The predicted molar refractivity (Wildman–Crippen MR) is 87.9 cm³/mol. The van der Waals surface area contributed by atoms with Crippen molar-refractivity contribution in [2.24, 2.45) is 11.3 Å². The Hall–Kier alpha value is 0.540. The van der Waals surface area contributed by atoms with E-state index < -0.39 is 0 Å². The van der Waals surface area contributed by atoms with Crippen molar-refractivity contribution in [2.45, 2.75) is 83.3 Å². The molecule has 1 aliphatic carbocycles. The third-order valence-electron chi connectivity index (χ3n) is 5.17.